The maximum atomic E-state index is 5.82. The second-order valence-electron chi connectivity index (χ2n) is 6.30. The number of rotatable bonds is 6. The molecule has 1 atom stereocenters. The molecule has 3 nitrogen and oxygen atoms in total. The quantitative estimate of drug-likeness (QED) is 0.621. The minimum absolute atomic E-state index is 0.391. The Balaban J connectivity index is 1.89. The topological polar surface area (TPSA) is 50.9 Å². The minimum Gasteiger partial charge on any atom is -0.271 e. The van der Waals surface area contributed by atoms with Crippen molar-refractivity contribution in [3.8, 4) is 0 Å². The fraction of sp³-hybridized carbons (Fsp3) is 0.812. The van der Waals surface area contributed by atoms with Crippen LogP contribution in [0.2, 0.25) is 0 Å². The number of hydrogen-bond acceptors (Lipinski definition) is 4. The van der Waals surface area contributed by atoms with Gasteiger partial charge < -0.3 is 0 Å². The summed E-state index contributed by atoms with van der Waals surface area (Å²) in [6.45, 7) is 6.54. The molecular weight excluding hydrogens is 266 g/mol. The molecule has 0 saturated heterocycles. The monoisotopic (exact) mass is 295 g/mol. The number of nitrogens with zero attached hydrogens (tertiary/aromatic N) is 1. The highest BCUT2D eigenvalue weighted by molar-refractivity contribution is 7.11. The molecule has 1 aromatic heterocycles. The van der Waals surface area contributed by atoms with E-state index < -0.39 is 0 Å². The third-order valence-corrected chi connectivity index (χ3v) is 5.93. The lowest BCUT2D eigenvalue weighted by molar-refractivity contribution is 0.213. The van der Waals surface area contributed by atoms with E-state index in [1.54, 1.807) is 0 Å². The summed E-state index contributed by atoms with van der Waals surface area (Å²) in [5.41, 5.74) is 4.24. The zero-order chi connectivity index (χ0) is 14.5. The standard InChI is InChI=1S/C16H29N3S/c1-4-5-13-6-8-14(9-7-13)15(19-17)10-16-18-11(2)12(3)20-16/h13-15,19H,4-10,17H2,1-3H3. The average molecular weight is 295 g/mol. The van der Waals surface area contributed by atoms with Gasteiger partial charge in [-0.25, -0.2) is 4.98 Å². The summed E-state index contributed by atoms with van der Waals surface area (Å²) in [6.07, 6.45) is 9.12. The minimum atomic E-state index is 0.391. The number of nitrogens with one attached hydrogen (secondary N) is 1. The molecule has 4 heteroatoms. The van der Waals surface area contributed by atoms with Crippen molar-refractivity contribution in [2.24, 2.45) is 17.7 Å². The highest BCUT2D eigenvalue weighted by atomic mass is 32.1. The molecule has 1 fully saturated rings. The van der Waals surface area contributed by atoms with Gasteiger partial charge in [0.1, 0.15) is 0 Å². The SMILES string of the molecule is CCCC1CCC(C(Cc2nc(C)c(C)s2)NN)CC1. The molecule has 114 valence electrons. The number of aromatic nitrogens is 1. The van der Waals surface area contributed by atoms with Crippen LogP contribution in [-0.4, -0.2) is 11.0 Å². The van der Waals surface area contributed by atoms with Gasteiger partial charge in [-0.2, -0.15) is 0 Å². The number of thiazole rings is 1. The maximum Gasteiger partial charge on any atom is 0.0947 e. The molecule has 0 amide bonds. The van der Waals surface area contributed by atoms with E-state index in [4.69, 9.17) is 5.84 Å². The van der Waals surface area contributed by atoms with Crippen LogP contribution in [-0.2, 0) is 6.42 Å². The zero-order valence-electron chi connectivity index (χ0n) is 13.1. The lowest BCUT2D eigenvalue weighted by Gasteiger charge is -2.33. The van der Waals surface area contributed by atoms with Crippen LogP contribution in [0.5, 0.6) is 0 Å². The van der Waals surface area contributed by atoms with Gasteiger partial charge >= 0.3 is 0 Å². The molecule has 1 heterocycles. The van der Waals surface area contributed by atoms with E-state index in [-0.39, 0.29) is 0 Å². The van der Waals surface area contributed by atoms with Crippen LogP contribution in [0.25, 0.3) is 0 Å². The Hall–Kier alpha value is -0.450. The van der Waals surface area contributed by atoms with Crippen molar-refractivity contribution in [3.05, 3.63) is 15.6 Å². The number of aryl methyl sites for hydroxylation is 2. The third-order valence-electron chi connectivity index (χ3n) is 4.84. The van der Waals surface area contributed by atoms with Gasteiger partial charge in [0, 0.05) is 17.3 Å². The van der Waals surface area contributed by atoms with Crippen LogP contribution in [0.4, 0.5) is 0 Å². The Morgan fingerprint density at radius 3 is 2.50 bits per heavy atom. The normalized spacial score (nSPS) is 24.8. The van der Waals surface area contributed by atoms with E-state index in [1.165, 1.54) is 54.1 Å². The van der Waals surface area contributed by atoms with Gasteiger partial charge in [0.15, 0.2) is 0 Å². The van der Waals surface area contributed by atoms with Crippen molar-refractivity contribution in [2.45, 2.75) is 71.8 Å². The summed E-state index contributed by atoms with van der Waals surface area (Å²) in [5, 5.41) is 1.23. The molecule has 0 aromatic carbocycles. The molecule has 0 radical (unpaired) electrons. The lowest BCUT2D eigenvalue weighted by Crippen LogP contribution is -2.43. The first-order chi connectivity index (χ1) is 9.63. The Labute approximate surface area is 127 Å². The second-order valence-corrected chi connectivity index (χ2v) is 7.58. The van der Waals surface area contributed by atoms with Crippen molar-refractivity contribution < 1.29 is 0 Å². The van der Waals surface area contributed by atoms with Crippen molar-refractivity contribution >= 4 is 11.3 Å². The van der Waals surface area contributed by atoms with Crippen LogP contribution >= 0.6 is 11.3 Å². The van der Waals surface area contributed by atoms with Gasteiger partial charge in [0.05, 0.1) is 10.7 Å². The lowest BCUT2D eigenvalue weighted by atomic mass is 9.76. The second kappa shape index (κ2) is 7.53. The molecule has 1 unspecified atom stereocenters. The summed E-state index contributed by atoms with van der Waals surface area (Å²) in [6, 6.07) is 0.391. The molecule has 0 bridgehead atoms. The van der Waals surface area contributed by atoms with E-state index in [0.29, 0.717) is 6.04 Å². The molecule has 3 N–H and O–H groups in total. The molecule has 2 rings (SSSR count). The van der Waals surface area contributed by atoms with Gasteiger partial charge in [-0.3, -0.25) is 11.3 Å². The molecule has 20 heavy (non-hydrogen) atoms. The van der Waals surface area contributed by atoms with Crippen LogP contribution in [0.15, 0.2) is 0 Å². The molecular formula is C16H29N3S. The number of hydrazine groups is 1. The smallest absolute Gasteiger partial charge is 0.0947 e. The summed E-state index contributed by atoms with van der Waals surface area (Å²) in [5.74, 6) is 7.49. The highest BCUT2D eigenvalue weighted by Crippen LogP contribution is 2.34. The summed E-state index contributed by atoms with van der Waals surface area (Å²) in [4.78, 5) is 6.00. The average Bonchev–Trinajstić information content (AvgIpc) is 2.76. The van der Waals surface area contributed by atoms with E-state index in [1.807, 2.05) is 11.3 Å². The predicted molar refractivity (Wildman–Crippen MR) is 86.8 cm³/mol. The first-order valence-corrected chi connectivity index (χ1v) is 8.84. The van der Waals surface area contributed by atoms with Gasteiger partial charge in [0.25, 0.3) is 0 Å². The third kappa shape index (κ3) is 4.03. The zero-order valence-corrected chi connectivity index (χ0v) is 13.9. The van der Waals surface area contributed by atoms with Crippen LogP contribution in [0.1, 0.15) is 61.0 Å². The van der Waals surface area contributed by atoms with Crippen molar-refractivity contribution in [2.75, 3.05) is 0 Å². The molecule has 1 saturated carbocycles. The number of nitrogens with two attached hydrogens (primary N) is 1. The molecule has 1 aromatic rings. The summed E-state index contributed by atoms with van der Waals surface area (Å²) in [7, 11) is 0. The van der Waals surface area contributed by atoms with Crippen LogP contribution in [0.3, 0.4) is 0 Å². The molecule has 1 aliphatic carbocycles. The van der Waals surface area contributed by atoms with Gasteiger partial charge in [0.2, 0.25) is 0 Å². The van der Waals surface area contributed by atoms with Crippen molar-refractivity contribution in [1.29, 1.82) is 0 Å². The Morgan fingerprint density at radius 2 is 2.00 bits per heavy atom. The predicted octanol–water partition coefficient (Wildman–Crippen LogP) is 3.74. The Morgan fingerprint density at radius 1 is 1.30 bits per heavy atom. The largest absolute Gasteiger partial charge is 0.271 e. The molecule has 1 aliphatic rings. The van der Waals surface area contributed by atoms with Crippen molar-refractivity contribution in [3.63, 3.8) is 0 Å². The van der Waals surface area contributed by atoms with E-state index in [2.05, 4.69) is 31.2 Å². The summed E-state index contributed by atoms with van der Waals surface area (Å²) < 4.78 is 0. The molecule has 0 aliphatic heterocycles. The number of hydrogen-bond donors (Lipinski definition) is 2. The van der Waals surface area contributed by atoms with E-state index in [9.17, 15) is 0 Å². The Bertz CT molecular complexity index is 388. The first kappa shape index (κ1) is 15.9. The first-order valence-electron chi connectivity index (χ1n) is 8.03. The van der Waals surface area contributed by atoms with E-state index in [0.717, 1.165) is 18.3 Å². The fourth-order valence-corrected chi connectivity index (χ4v) is 4.46. The molecule has 0 spiro atoms. The fourth-order valence-electron chi connectivity index (χ4n) is 3.46. The van der Waals surface area contributed by atoms with Gasteiger partial charge in [-0.15, -0.1) is 11.3 Å². The maximum absolute atomic E-state index is 5.82. The van der Waals surface area contributed by atoms with Crippen molar-refractivity contribution in [1.82, 2.24) is 10.4 Å². The summed E-state index contributed by atoms with van der Waals surface area (Å²) >= 11 is 1.82. The van der Waals surface area contributed by atoms with Crippen LogP contribution < -0.4 is 11.3 Å². The van der Waals surface area contributed by atoms with Gasteiger partial charge in [-0.1, -0.05) is 32.6 Å². The van der Waals surface area contributed by atoms with Gasteiger partial charge in [-0.05, 0) is 38.5 Å². The Kier molecular flexibility index (Phi) is 6.00. The van der Waals surface area contributed by atoms with Crippen LogP contribution in [0, 0.1) is 25.7 Å². The highest BCUT2D eigenvalue weighted by Gasteiger charge is 2.27. The van der Waals surface area contributed by atoms with E-state index >= 15 is 0 Å².